The van der Waals surface area contributed by atoms with Gasteiger partial charge in [0.15, 0.2) is 0 Å². The summed E-state index contributed by atoms with van der Waals surface area (Å²) in [7, 11) is 3.25. The number of hydrogen-bond donors (Lipinski definition) is 4. The average molecular weight is 308 g/mol. The Hall–Kier alpha value is -2.12. The Labute approximate surface area is 130 Å². The van der Waals surface area contributed by atoms with Crippen molar-refractivity contribution >= 4 is 17.7 Å². The minimum atomic E-state index is -0.478. The van der Waals surface area contributed by atoms with Crippen molar-refractivity contribution in [3.05, 3.63) is 29.8 Å². The summed E-state index contributed by atoms with van der Waals surface area (Å²) in [6.45, 7) is 0.745. The second-order valence-electron chi connectivity index (χ2n) is 4.78. The van der Waals surface area contributed by atoms with Gasteiger partial charge < -0.3 is 26.4 Å². The number of likely N-dealkylation sites (N-methyl/N-ethyl adjacent to an activating group) is 1. The fraction of sp³-hybridized carbons (Fsp3) is 0.467. The Kier molecular flexibility index (Phi) is 7.95. The molecule has 0 aliphatic heterocycles. The fourth-order valence-electron chi connectivity index (χ4n) is 1.86. The monoisotopic (exact) mass is 308 g/mol. The van der Waals surface area contributed by atoms with Crippen molar-refractivity contribution in [3.8, 4) is 0 Å². The first-order valence-electron chi connectivity index (χ1n) is 7.22. The molecule has 0 saturated carbocycles. The van der Waals surface area contributed by atoms with Crippen LogP contribution in [0.2, 0.25) is 0 Å². The van der Waals surface area contributed by atoms with Gasteiger partial charge in [-0.15, -0.1) is 0 Å². The van der Waals surface area contributed by atoms with E-state index in [4.69, 9.17) is 10.5 Å². The number of alkyl carbamates (subject to hydrolysis) is 1. The second kappa shape index (κ2) is 9.75. The quantitative estimate of drug-likeness (QED) is 0.569. The summed E-state index contributed by atoms with van der Waals surface area (Å²) in [5.41, 5.74) is 7.00. The van der Waals surface area contributed by atoms with Crippen LogP contribution in [0, 0.1) is 0 Å². The molecule has 0 aromatic heterocycles. The summed E-state index contributed by atoms with van der Waals surface area (Å²) < 4.78 is 4.94. The van der Waals surface area contributed by atoms with E-state index in [0.717, 1.165) is 12.0 Å². The van der Waals surface area contributed by atoms with Gasteiger partial charge in [0, 0.05) is 12.7 Å². The molecule has 0 saturated heterocycles. The van der Waals surface area contributed by atoms with Crippen molar-refractivity contribution < 1.29 is 14.3 Å². The molecule has 0 aliphatic rings. The van der Waals surface area contributed by atoms with Gasteiger partial charge in [0.2, 0.25) is 5.91 Å². The molecule has 0 heterocycles. The van der Waals surface area contributed by atoms with Gasteiger partial charge in [0.25, 0.3) is 0 Å². The maximum Gasteiger partial charge on any atom is 0.407 e. The van der Waals surface area contributed by atoms with Gasteiger partial charge in [-0.1, -0.05) is 12.1 Å². The lowest BCUT2D eigenvalue weighted by Crippen LogP contribution is -2.38. The van der Waals surface area contributed by atoms with Crippen molar-refractivity contribution in [1.82, 2.24) is 10.6 Å². The lowest BCUT2D eigenvalue weighted by Gasteiger charge is -2.15. The second-order valence-corrected chi connectivity index (χ2v) is 4.78. The number of nitrogens with one attached hydrogen (secondary N) is 3. The van der Waals surface area contributed by atoms with E-state index in [1.54, 1.807) is 31.3 Å². The van der Waals surface area contributed by atoms with Crippen molar-refractivity contribution in [2.75, 3.05) is 26.0 Å². The summed E-state index contributed by atoms with van der Waals surface area (Å²) >= 11 is 0. The van der Waals surface area contributed by atoms with Crippen LogP contribution in [-0.2, 0) is 16.1 Å². The van der Waals surface area contributed by atoms with Crippen LogP contribution < -0.4 is 21.7 Å². The van der Waals surface area contributed by atoms with Crippen molar-refractivity contribution in [1.29, 1.82) is 0 Å². The van der Waals surface area contributed by atoms with E-state index >= 15 is 0 Å². The normalized spacial score (nSPS) is 11.6. The van der Waals surface area contributed by atoms with Crippen molar-refractivity contribution in [2.24, 2.45) is 5.73 Å². The summed E-state index contributed by atoms with van der Waals surface area (Å²) in [6.07, 6.45) is 1.00. The third kappa shape index (κ3) is 6.11. The fourth-order valence-corrected chi connectivity index (χ4v) is 1.86. The average Bonchev–Trinajstić information content (AvgIpc) is 2.54. The number of amides is 2. The molecule has 2 amide bonds. The zero-order chi connectivity index (χ0) is 16.4. The van der Waals surface area contributed by atoms with E-state index < -0.39 is 6.09 Å². The van der Waals surface area contributed by atoms with Crippen molar-refractivity contribution in [3.63, 3.8) is 0 Å². The lowest BCUT2D eigenvalue weighted by atomic mass is 10.1. The molecule has 1 atom stereocenters. The van der Waals surface area contributed by atoms with Crippen LogP contribution in [0.25, 0.3) is 0 Å². The molecule has 0 aliphatic carbocycles. The molecule has 0 spiro atoms. The van der Waals surface area contributed by atoms with Gasteiger partial charge in [0.05, 0.1) is 6.04 Å². The first-order valence-corrected chi connectivity index (χ1v) is 7.22. The molecule has 7 nitrogen and oxygen atoms in total. The molecule has 1 rings (SSSR count). The molecule has 1 aromatic rings. The van der Waals surface area contributed by atoms with Crippen LogP contribution in [0.4, 0.5) is 10.5 Å². The van der Waals surface area contributed by atoms with E-state index in [1.807, 2.05) is 0 Å². The summed E-state index contributed by atoms with van der Waals surface area (Å²) in [5, 5.41) is 8.19. The highest BCUT2D eigenvalue weighted by Crippen LogP contribution is 2.11. The first kappa shape index (κ1) is 17.9. The van der Waals surface area contributed by atoms with E-state index in [0.29, 0.717) is 18.7 Å². The Bertz CT molecular complexity index is 476. The minimum Gasteiger partial charge on any atom is -0.445 e. The Morgan fingerprint density at radius 3 is 2.45 bits per heavy atom. The molecule has 1 aromatic carbocycles. The highest BCUT2D eigenvalue weighted by atomic mass is 16.5. The number of anilines is 1. The summed E-state index contributed by atoms with van der Waals surface area (Å²) in [4.78, 5) is 23.1. The Balaban J connectivity index is 2.52. The number of nitrogens with two attached hydrogens (primary N) is 1. The molecule has 0 radical (unpaired) electrons. The smallest absolute Gasteiger partial charge is 0.407 e. The van der Waals surface area contributed by atoms with Gasteiger partial charge >= 0.3 is 6.09 Å². The molecule has 122 valence electrons. The SMILES string of the molecule is CNC(=O)OCc1ccc(NC(=O)[C@H](CCCN)NC)cc1. The zero-order valence-corrected chi connectivity index (χ0v) is 13.0. The summed E-state index contributed by atoms with van der Waals surface area (Å²) in [6, 6.07) is 6.88. The molecule has 0 bridgehead atoms. The number of rotatable bonds is 8. The molecule has 0 fully saturated rings. The van der Waals surface area contributed by atoms with E-state index in [9.17, 15) is 9.59 Å². The number of ether oxygens (including phenoxy) is 1. The predicted octanol–water partition coefficient (Wildman–Crippen LogP) is 0.808. The number of hydrogen-bond acceptors (Lipinski definition) is 5. The van der Waals surface area contributed by atoms with Gasteiger partial charge in [-0.05, 0) is 44.1 Å². The number of benzene rings is 1. The van der Waals surface area contributed by atoms with Crippen LogP contribution in [0.3, 0.4) is 0 Å². The molecule has 5 N–H and O–H groups in total. The Morgan fingerprint density at radius 1 is 1.23 bits per heavy atom. The maximum absolute atomic E-state index is 12.1. The lowest BCUT2D eigenvalue weighted by molar-refractivity contribution is -0.118. The molecular formula is C15H24N4O3. The number of carbonyl (C=O) groups excluding carboxylic acids is 2. The van der Waals surface area contributed by atoms with Crippen LogP contribution in [-0.4, -0.2) is 38.7 Å². The molecular weight excluding hydrogens is 284 g/mol. The topological polar surface area (TPSA) is 105 Å². The van der Waals surface area contributed by atoms with Crippen LogP contribution >= 0.6 is 0 Å². The standard InChI is InChI=1S/C15H24N4O3/c1-17-13(4-3-9-16)14(20)19-12-7-5-11(6-8-12)10-22-15(21)18-2/h5-8,13,17H,3-4,9-10,16H2,1-2H3,(H,18,21)(H,19,20)/t13-/m0/s1. The van der Waals surface area contributed by atoms with Gasteiger partial charge in [-0.25, -0.2) is 4.79 Å². The van der Waals surface area contributed by atoms with Crippen LogP contribution in [0.5, 0.6) is 0 Å². The van der Waals surface area contributed by atoms with E-state index in [-0.39, 0.29) is 18.6 Å². The van der Waals surface area contributed by atoms with Gasteiger partial charge in [0.1, 0.15) is 6.61 Å². The third-order valence-electron chi connectivity index (χ3n) is 3.16. The third-order valence-corrected chi connectivity index (χ3v) is 3.16. The maximum atomic E-state index is 12.1. The highest BCUT2D eigenvalue weighted by Gasteiger charge is 2.15. The zero-order valence-electron chi connectivity index (χ0n) is 13.0. The summed E-state index contributed by atoms with van der Waals surface area (Å²) in [5.74, 6) is -0.0923. The molecule has 0 unspecified atom stereocenters. The minimum absolute atomic E-state index is 0.0923. The largest absolute Gasteiger partial charge is 0.445 e. The highest BCUT2D eigenvalue weighted by molar-refractivity contribution is 5.94. The van der Waals surface area contributed by atoms with E-state index in [2.05, 4.69) is 16.0 Å². The van der Waals surface area contributed by atoms with Crippen LogP contribution in [0.15, 0.2) is 24.3 Å². The van der Waals surface area contributed by atoms with E-state index in [1.165, 1.54) is 7.05 Å². The predicted molar refractivity (Wildman–Crippen MR) is 85.5 cm³/mol. The van der Waals surface area contributed by atoms with Crippen LogP contribution in [0.1, 0.15) is 18.4 Å². The van der Waals surface area contributed by atoms with Gasteiger partial charge in [-0.3, -0.25) is 4.79 Å². The van der Waals surface area contributed by atoms with Gasteiger partial charge in [-0.2, -0.15) is 0 Å². The van der Waals surface area contributed by atoms with Crippen molar-refractivity contribution in [2.45, 2.75) is 25.5 Å². The molecule has 7 heteroatoms. The molecule has 22 heavy (non-hydrogen) atoms. The Morgan fingerprint density at radius 2 is 1.91 bits per heavy atom. The number of carbonyl (C=O) groups is 2. The first-order chi connectivity index (χ1) is 10.6.